The number of oxime groups is 1. The first-order valence-electron chi connectivity index (χ1n) is 5.13. The predicted octanol–water partition coefficient (Wildman–Crippen LogP) is 1.80. The van der Waals surface area contributed by atoms with E-state index in [0.717, 1.165) is 0 Å². The highest BCUT2D eigenvalue weighted by Gasteiger charge is 2.16. The molecule has 0 spiro atoms. The lowest BCUT2D eigenvalue weighted by atomic mass is 10.2. The molecular weight excluding hydrogens is 305 g/mol. The summed E-state index contributed by atoms with van der Waals surface area (Å²) in [5, 5.41) is 11.2. The first kappa shape index (κ1) is 14.4. The van der Waals surface area contributed by atoms with Crippen molar-refractivity contribution in [3.05, 3.63) is 34.1 Å². The summed E-state index contributed by atoms with van der Waals surface area (Å²) in [4.78, 5) is 13.4. The maximum absolute atomic E-state index is 13.3. The van der Waals surface area contributed by atoms with Crippen LogP contribution in [0.5, 0.6) is 0 Å². The van der Waals surface area contributed by atoms with Gasteiger partial charge >= 0.3 is 0 Å². The minimum Gasteiger partial charge on any atom is -0.409 e. The van der Waals surface area contributed by atoms with Crippen molar-refractivity contribution in [1.29, 1.82) is 0 Å². The van der Waals surface area contributed by atoms with E-state index in [2.05, 4.69) is 21.1 Å². The Kier molecular flexibility index (Phi) is 5.08. The number of hydrogen-bond donors (Lipinski definition) is 2. The van der Waals surface area contributed by atoms with Crippen LogP contribution in [0.2, 0.25) is 0 Å². The van der Waals surface area contributed by atoms with Crippen LogP contribution in [-0.2, 0) is 0 Å². The van der Waals surface area contributed by atoms with Crippen LogP contribution in [0.4, 0.5) is 4.39 Å². The monoisotopic (exact) mass is 317 g/mol. The minimum atomic E-state index is -0.495. The highest BCUT2D eigenvalue weighted by atomic mass is 79.9. The number of nitrogens with zero attached hydrogens (tertiary/aromatic N) is 2. The van der Waals surface area contributed by atoms with Gasteiger partial charge < -0.3 is 15.8 Å². The molecule has 18 heavy (non-hydrogen) atoms. The van der Waals surface area contributed by atoms with Gasteiger partial charge in [-0.15, -0.1) is 0 Å². The average molecular weight is 318 g/mol. The maximum Gasteiger partial charge on any atom is 0.254 e. The Hall–Kier alpha value is -1.63. The van der Waals surface area contributed by atoms with Gasteiger partial charge in [0.15, 0.2) is 0 Å². The van der Waals surface area contributed by atoms with Crippen molar-refractivity contribution in [3.63, 3.8) is 0 Å². The molecule has 7 heteroatoms. The van der Waals surface area contributed by atoms with Gasteiger partial charge in [-0.2, -0.15) is 0 Å². The second-order valence-electron chi connectivity index (χ2n) is 3.67. The summed E-state index contributed by atoms with van der Waals surface area (Å²) in [6, 6.07) is 4.25. The number of rotatable bonds is 4. The molecule has 0 aromatic heterocycles. The molecule has 0 atom stereocenters. The first-order chi connectivity index (χ1) is 8.47. The van der Waals surface area contributed by atoms with Gasteiger partial charge in [0.2, 0.25) is 0 Å². The topological polar surface area (TPSA) is 78.9 Å². The number of amidine groups is 1. The zero-order valence-corrected chi connectivity index (χ0v) is 11.3. The number of halogens is 2. The zero-order valence-electron chi connectivity index (χ0n) is 9.73. The summed E-state index contributed by atoms with van der Waals surface area (Å²) >= 11 is 3.03. The van der Waals surface area contributed by atoms with Gasteiger partial charge in [0.1, 0.15) is 11.7 Å². The van der Waals surface area contributed by atoms with E-state index in [4.69, 9.17) is 10.9 Å². The highest BCUT2D eigenvalue weighted by Crippen LogP contribution is 2.21. The number of benzene rings is 1. The Morgan fingerprint density at radius 3 is 2.89 bits per heavy atom. The molecular formula is C11H13BrFN3O2. The van der Waals surface area contributed by atoms with Crippen molar-refractivity contribution >= 4 is 27.7 Å². The summed E-state index contributed by atoms with van der Waals surface area (Å²) in [6.07, 6.45) is 0.242. The SMILES string of the molecule is CN(CC/C(N)=N/O)C(=O)c1cccc(F)c1Br. The van der Waals surface area contributed by atoms with Crippen molar-refractivity contribution in [2.75, 3.05) is 13.6 Å². The Bertz CT molecular complexity index is 479. The molecule has 0 fully saturated rings. The normalized spacial score (nSPS) is 11.4. The molecule has 0 unspecified atom stereocenters. The smallest absolute Gasteiger partial charge is 0.254 e. The number of carbonyl (C=O) groups excluding carboxylic acids is 1. The van der Waals surface area contributed by atoms with Crippen molar-refractivity contribution in [1.82, 2.24) is 4.90 Å². The fourth-order valence-electron chi connectivity index (χ4n) is 1.31. The average Bonchev–Trinajstić information content (AvgIpc) is 2.37. The van der Waals surface area contributed by atoms with Crippen LogP contribution in [0.25, 0.3) is 0 Å². The van der Waals surface area contributed by atoms with E-state index in [1.165, 1.54) is 23.1 Å². The fraction of sp³-hybridized carbons (Fsp3) is 0.273. The lowest BCUT2D eigenvalue weighted by Crippen LogP contribution is -2.30. The molecule has 1 aromatic rings. The molecule has 1 aromatic carbocycles. The van der Waals surface area contributed by atoms with Gasteiger partial charge in [0.05, 0.1) is 10.0 Å². The van der Waals surface area contributed by atoms with Crippen LogP contribution in [0.1, 0.15) is 16.8 Å². The fourth-order valence-corrected chi connectivity index (χ4v) is 1.74. The summed E-state index contributed by atoms with van der Waals surface area (Å²) in [7, 11) is 1.56. The first-order valence-corrected chi connectivity index (χ1v) is 5.92. The van der Waals surface area contributed by atoms with E-state index in [-0.39, 0.29) is 34.7 Å². The Morgan fingerprint density at radius 1 is 1.61 bits per heavy atom. The standard InChI is InChI=1S/C11H13BrFN3O2/c1-16(6-5-9(14)15-18)11(17)7-3-2-4-8(13)10(7)12/h2-4,18H,5-6H2,1H3,(H2,14,15). The molecule has 3 N–H and O–H groups in total. The van der Waals surface area contributed by atoms with E-state index in [1.807, 2.05) is 0 Å². The molecule has 1 amide bonds. The molecule has 0 aliphatic heterocycles. The van der Waals surface area contributed by atoms with E-state index in [1.54, 1.807) is 7.05 Å². The minimum absolute atomic E-state index is 0.0351. The molecule has 98 valence electrons. The molecule has 0 saturated carbocycles. The van der Waals surface area contributed by atoms with Crippen LogP contribution in [-0.4, -0.2) is 35.4 Å². The molecule has 0 bridgehead atoms. The van der Waals surface area contributed by atoms with Crippen LogP contribution in [0.15, 0.2) is 27.8 Å². The second-order valence-corrected chi connectivity index (χ2v) is 4.46. The van der Waals surface area contributed by atoms with Gasteiger partial charge in [-0.1, -0.05) is 11.2 Å². The lowest BCUT2D eigenvalue weighted by Gasteiger charge is -2.17. The van der Waals surface area contributed by atoms with Crippen molar-refractivity contribution in [3.8, 4) is 0 Å². The van der Waals surface area contributed by atoms with Crippen LogP contribution in [0.3, 0.4) is 0 Å². The summed E-state index contributed by atoms with van der Waals surface area (Å²) in [5.41, 5.74) is 5.54. The van der Waals surface area contributed by atoms with Crippen LogP contribution < -0.4 is 5.73 Å². The van der Waals surface area contributed by atoms with Crippen LogP contribution >= 0.6 is 15.9 Å². The third-order valence-corrected chi connectivity index (χ3v) is 3.17. The molecule has 0 heterocycles. The van der Waals surface area contributed by atoms with E-state index in [9.17, 15) is 9.18 Å². The molecule has 0 aliphatic carbocycles. The van der Waals surface area contributed by atoms with Crippen molar-refractivity contribution < 1.29 is 14.4 Å². The molecule has 0 saturated heterocycles. The second kappa shape index (κ2) is 6.34. The number of carbonyl (C=O) groups is 1. The maximum atomic E-state index is 13.3. The number of nitrogens with two attached hydrogens (primary N) is 1. The Morgan fingerprint density at radius 2 is 2.28 bits per heavy atom. The summed E-state index contributed by atoms with van der Waals surface area (Å²) in [6.45, 7) is 0.275. The third kappa shape index (κ3) is 3.43. The molecule has 0 aliphatic rings. The van der Waals surface area contributed by atoms with E-state index < -0.39 is 5.82 Å². The molecule has 1 rings (SSSR count). The summed E-state index contributed by atoms with van der Waals surface area (Å²) in [5.74, 6) is -0.800. The van der Waals surface area contributed by atoms with Crippen LogP contribution in [0, 0.1) is 5.82 Å². The van der Waals surface area contributed by atoms with Gasteiger partial charge in [0, 0.05) is 20.0 Å². The predicted molar refractivity (Wildman–Crippen MR) is 69.1 cm³/mol. The number of hydrogen-bond acceptors (Lipinski definition) is 3. The van der Waals surface area contributed by atoms with Gasteiger partial charge in [-0.05, 0) is 28.1 Å². The van der Waals surface area contributed by atoms with E-state index >= 15 is 0 Å². The van der Waals surface area contributed by atoms with Gasteiger partial charge in [-0.3, -0.25) is 4.79 Å². The van der Waals surface area contributed by atoms with Crippen molar-refractivity contribution in [2.24, 2.45) is 10.9 Å². The van der Waals surface area contributed by atoms with Crippen molar-refractivity contribution in [2.45, 2.75) is 6.42 Å². The van der Waals surface area contributed by atoms with Gasteiger partial charge in [0.25, 0.3) is 5.91 Å². The quantitative estimate of drug-likeness (QED) is 0.384. The Labute approximate surface area is 112 Å². The van der Waals surface area contributed by atoms with E-state index in [0.29, 0.717) is 0 Å². The highest BCUT2D eigenvalue weighted by molar-refractivity contribution is 9.10. The lowest BCUT2D eigenvalue weighted by molar-refractivity contribution is 0.0797. The zero-order chi connectivity index (χ0) is 13.7. The summed E-state index contributed by atoms with van der Waals surface area (Å²) < 4.78 is 13.4. The Balaban J connectivity index is 2.78. The third-order valence-electron chi connectivity index (χ3n) is 2.36. The molecule has 5 nitrogen and oxygen atoms in total. The largest absolute Gasteiger partial charge is 0.409 e. The van der Waals surface area contributed by atoms with Gasteiger partial charge in [-0.25, -0.2) is 4.39 Å². The molecule has 0 radical (unpaired) electrons. The number of amides is 1.